The molecule has 0 atom stereocenters. The van der Waals surface area contributed by atoms with Gasteiger partial charge in [0.15, 0.2) is 11.5 Å². The van der Waals surface area contributed by atoms with Crippen LogP contribution in [0.3, 0.4) is 0 Å². The number of fused-ring (bicyclic) bond motifs is 3. The second-order valence-electron chi connectivity index (χ2n) is 14.3. The highest BCUT2D eigenvalue weighted by molar-refractivity contribution is 5.93. The molecule has 1 aliphatic rings. The van der Waals surface area contributed by atoms with Crippen molar-refractivity contribution in [1.82, 2.24) is 15.0 Å². The van der Waals surface area contributed by atoms with Gasteiger partial charge in [-0.25, -0.2) is 14.8 Å². The van der Waals surface area contributed by atoms with Crippen LogP contribution in [0, 0.1) is 17.9 Å². The quantitative estimate of drug-likeness (QED) is 0.162. The van der Waals surface area contributed by atoms with Crippen LogP contribution in [0.1, 0.15) is 30.5 Å². The molecule has 0 saturated heterocycles. The van der Waals surface area contributed by atoms with Gasteiger partial charge in [-0.1, -0.05) is 123 Å². The van der Waals surface area contributed by atoms with E-state index in [4.69, 9.17) is 21.5 Å². The summed E-state index contributed by atoms with van der Waals surface area (Å²) in [6, 6.07) is 55.8. The average molecular weight is 704 g/mol. The van der Waals surface area contributed by atoms with Crippen LogP contribution >= 0.6 is 0 Å². The van der Waals surface area contributed by atoms with Gasteiger partial charge < -0.3 is 0 Å². The van der Waals surface area contributed by atoms with Crippen molar-refractivity contribution in [1.29, 1.82) is 5.26 Å². The number of hydrogen-bond donors (Lipinski definition) is 0. The summed E-state index contributed by atoms with van der Waals surface area (Å²) in [5.74, 6) is 0.655. The topological polar surface area (TPSA) is 66.8 Å². The van der Waals surface area contributed by atoms with Gasteiger partial charge in [0.25, 0.3) is 0 Å². The van der Waals surface area contributed by atoms with Gasteiger partial charge in [0.1, 0.15) is 0 Å². The number of nitrogens with zero attached hydrogens (tertiary/aromatic N) is 5. The third-order valence-corrected chi connectivity index (χ3v) is 10.6. The average Bonchev–Trinajstić information content (AvgIpc) is 3.49. The summed E-state index contributed by atoms with van der Waals surface area (Å²) < 4.78 is 0. The lowest BCUT2D eigenvalue weighted by Gasteiger charge is -2.22. The van der Waals surface area contributed by atoms with Crippen molar-refractivity contribution in [2.75, 3.05) is 0 Å². The molecule has 0 radical (unpaired) electrons. The zero-order valence-electron chi connectivity index (χ0n) is 30.3. The predicted octanol–water partition coefficient (Wildman–Crippen LogP) is 12.6. The smallest absolute Gasteiger partial charge is 0.196 e. The third kappa shape index (κ3) is 6.05. The number of benzene rings is 6. The van der Waals surface area contributed by atoms with E-state index >= 15 is 0 Å². The SMILES string of the molecule is [C-]#[N+]c1cc(C#N)cc2c1-c1ccc(-c3cc(-c4ccc(-c5ccccc5)nc4)cc(-c4cc(-c5ccccc5)nc(-c5ccccc5)n4)c3)cc1C2(C)C. The lowest BCUT2D eigenvalue weighted by Crippen LogP contribution is -2.15. The van der Waals surface area contributed by atoms with E-state index in [9.17, 15) is 5.26 Å². The van der Waals surface area contributed by atoms with E-state index in [2.05, 4.69) is 104 Å². The highest BCUT2D eigenvalue weighted by Gasteiger charge is 2.37. The van der Waals surface area contributed by atoms with Gasteiger partial charge in [0.2, 0.25) is 0 Å². The van der Waals surface area contributed by atoms with Crippen molar-refractivity contribution >= 4 is 5.69 Å². The second kappa shape index (κ2) is 13.5. The summed E-state index contributed by atoms with van der Waals surface area (Å²) in [4.78, 5) is 19.0. The van der Waals surface area contributed by atoms with Crippen LogP contribution in [0.2, 0.25) is 0 Å². The number of nitriles is 1. The highest BCUT2D eigenvalue weighted by Crippen LogP contribution is 2.53. The van der Waals surface area contributed by atoms with E-state index < -0.39 is 5.41 Å². The molecule has 5 heteroatoms. The first-order valence-electron chi connectivity index (χ1n) is 18.2. The maximum absolute atomic E-state index is 9.78. The Balaban J connectivity index is 1.24. The Morgan fingerprint density at radius 1 is 0.527 bits per heavy atom. The molecule has 258 valence electrons. The molecule has 0 spiro atoms. The molecule has 0 unspecified atom stereocenters. The molecule has 0 fully saturated rings. The van der Waals surface area contributed by atoms with Crippen LogP contribution in [0.5, 0.6) is 0 Å². The van der Waals surface area contributed by atoms with Crippen LogP contribution < -0.4 is 0 Å². The fourth-order valence-corrected chi connectivity index (χ4v) is 7.68. The minimum absolute atomic E-state index is 0.410. The Labute approximate surface area is 320 Å². The fourth-order valence-electron chi connectivity index (χ4n) is 7.68. The molecule has 55 heavy (non-hydrogen) atoms. The number of aromatic nitrogens is 3. The van der Waals surface area contributed by atoms with Gasteiger partial charge >= 0.3 is 0 Å². The first kappa shape index (κ1) is 33.4. The van der Waals surface area contributed by atoms with E-state index in [1.54, 1.807) is 6.07 Å². The number of hydrogen-bond acceptors (Lipinski definition) is 4. The molecule has 1 aliphatic carbocycles. The summed E-state index contributed by atoms with van der Waals surface area (Å²) in [5.41, 5.74) is 15.3. The molecule has 0 bridgehead atoms. The van der Waals surface area contributed by atoms with Gasteiger partial charge in [0.05, 0.1) is 29.7 Å². The predicted molar refractivity (Wildman–Crippen MR) is 221 cm³/mol. The van der Waals surface area contributed by atoms with E-state index in [0.717, 1.165) is 83.8 Å². The molecule has 5 nitrogen and oxygen atoms in total. The summed E-state index contributed by atoms with van der Waals surface area (Å²) >= 11 is 0. The van der Waals surface area contributed by atoms with Gasteiger partial charge in [0, 0.05) is 45.0 Å². The molecule has 0 saturated carbocycles. The first-order valence-corrected chi connectivity index (χ1v) is 18.2. The Morgan fingerprint density at radius 3 is 1.73 bits per heavy atom. The number of pyridine rings is 1. The van der Waals surface area contributed by atoms with Gasteiger partial charge in [-0.2, -0.15) is 5.26 Å². The first-order chi connectivity index (χ1) is 26.9. The second-order valence-corrected chi connectivity index (χ2v) is 14.3. The standard InChI is InChI=1S/C50H33N5/c1-50(2)42-28-36(19-21-41(42)48-43(50)23-32(30-51)24-47(48)52-3)38-25-39(37-20-22-44(53-31-37)33-13-7-4-8-14-33)27-40(26-38)46-29-45(34-15-9-5-10-16-34)54-49(55-46)35-17-11-6-12-18-35/h4-29,31H,1-2H3. The summed E-state index contributed by atoms with van der Waals surface area (Å²) in [6.45, 7) is 12.3. The molecule has 2 aromatic heterocycles. The van der Waals surface area contributed by atoms with Crippen LogP contribution in [0.4, 0.5) is 5.69 Å². The molecule has 0 aliphatic heterocycles. The van der Waals surface area contributed by atoms with E-state index in [-0.39, 0.29) is 0 Å². The zero-order chi connectivity index (χ0) is 37.5. The minimum Gasteiger partial charge on any atom is -0.256 e. The molecule has 8 aromatic rings. The Morgan fingerprint density at radius 2 is 1.11 bits per heavy atom. The van der Waals surface area contributed by atoms with Crippen molar-refractivity contribution in [2.24, 2.45) is 0 Å². The molecule has 2 heterocycles. The van der Waals surface area contributed by atoms with Crippen molar-refractivity contribution in [3.63, 3.8) is 0 Å². The largest absolute Gasteiger partial charge is 0.256 e. The van der Waals surface area contributed by atoms with E-state index in [1.165, 1.54) is 0 Å². The molecular formula is C50H33N5. The lowest BCUT2D eigenvalue weighted by atomic mass is 9.81. The summed E-state index contributed by atoms with van der Waals surface area (Å²) in [5, 5.41) is 9.78. The van der Waals surface area contributed by atoms with Crippen LogP contribution in [-0.2, 0) is 5.41 Å². The van der Waals surface area contributed by atoms with Gasteiger partial charge in [-0.15, -0.1) is 0 Å². The summed E-state index contributed by atoms with van der Waals surface area (Å²) in [7, 11) is 0. The van der Waals surface area contributed by atoms with Gasteiger partial charge in [-0.3, -0.25) is 4.98 Å². The van der Waals surface area contributed by atoms with Crippen molar-refractivity contribution in [2.45, 2.75) is 19.3 Å². The zero-order valence-corrected chi connectivity index (χ0v) is 30.3. The Kier molecular flexibility index (Phi) is 8.19. The molecule has 6 aromatic carbocycles. The van der Waals surface area contributed by atoms with Crippen molar-refractivity contribution in [3.05, 3.63) is 192 Å². The Hall–Kier alpha value is -7.47. The fraction of sp³-hybridized carbons (Fsp3) is 0.0600. The van der Waals surface area contributed by atoms with Crippen LogP contribution in [0.15, 0.2) is 164 Å². The monoisotopic (exact) mass is 703 g/mol. The maximum atomic E-state index is 9.78. The Bertz CT molecular complexity index is 2770. The van der Waals surface area contributed by atoms with Crippen molar-refractivity contribution < 1.29 is 0 Å². The normalized spacial score (nSPS) is 12.3. The summed E-state index contributed by atoms with van der Waals surface area (Å²) in [6.07, 6.45) is 1.94. The molecule has 0 N–H and O–H groups in total. The molecule has 9 rings (SSSR count). The van der Waals surface area contributed by atoms with Crippen molar-refractivity contribution in [3.8, 4) is 84.6 Å². The van der Waals surface area contributed by atoms with Crippen LogP contribution in [0.25, 0.3) is 83.4 Å². The highest BCUT2D eigenvalue weighted by atomic mass is 14.9. The molecule has 0 amide bonds. The maximum Gasteiger partial charge on any atom is 0.196 e. The van der Waals surface area contributed by atoms with E-state index in [0.29, 0.717) is 17.1 Å². The number of rotatable bonds is 6. The molecular weight excluding hydrogens is 671 g/mol. The van der Waals surface area contributed by atoms with Crippen LogP contribution in [-0.4, -0.2) is 15.0 Å². The third-order valence-electron chi connectivity index (χ3n) is 10.6. The lowest BCUT2D eigenvalue weighted by molar-refractivity contribution is 0.660. The van der Waals surface area contributed by atoms with E-state index in [1.807, 2.05) is 79.0 Å². The van der Waals surface area contributed by atoms with Gasteiger partial charge in [-0.05, 0) is 87.5 Å². The minimum atomic E-state index is -0.410.